The molecule has 0 aromatic heterocycles. The third-order valence-corrected chi connectivity index (χ3v) is 9.06. The highest BCUT2D eigenvalue weighted by molar-refractivity contribution is 5.91. The molecule has 1 saturated heterocycles. The number of hydrogen-bond donors (Lipinski definition) is 0. The SMILES string of the molecule is COC(=O)[C@H]1CC[C@@H]2[C@]1(C)CC[C@H]1[C@@]23CCC2=CC(=O)CC[C@@]21[C@H](OC)O3. The van der Waals surface area contributed by atoms with Gasteiger partial charge in [-0.25, -0.2) is 0 Å². The van der Waals surface area contributed by atoms with Crippen LogP contribution in [0.1, 0.15) is 58.3 Å². The second-order valence-electron chi connectivity index (χ2n) is 9.62. The highest BCUT2D eigenvalue weighted by Crippen LogP contribution is 2.74. The van der Waals surface area contributed by atoms with Gasteiger partial charge in [0.1, 0.15) is 0 Å². The van der Waals surface area contributed by atoms with Crippen LogP contribution >= 0.6 is 0 Å². The number of methoxy groups -OCH3 is 2. The van der Waals surface area contributed by atoms with Crippen LogP contribution < -0.4 is 0 Å². The Bertz CT molecular complexity index is 728. The molecule has 1 aliphatic heterocycles. The third kappa shape index (κ3) is 1.97. The van der Waals surface area contributed by atoms with Gasteiger partial charge in [-0.05, 0) is 62.4 Å². The smallest absolute Gasteiger partial charge is 0.309 e. The maximum absolute atomic E-state index is 12.5. The molecule has 0 N–H and O–H groups in total. The van der Waals surface area contributed by atoms with Crippen LogP contribution in [0.2, 0.25) is 0 Å². The van der Waals surface area contributed by atoms with Crippen LogP contribution in [-0.4, -0.2) is 37.9 Å². The molecule has 0 unspecified atom stereocenters. The number of ketones is 1. The average molecular weight is 374 g/mol. The van der Waals surface area contributed by atoms with Crippen LogP contribution in [0.4, 0.5) is 0 Å². The molecule has 0 aromatic rings. The lowest BCUT2D eigenvalue weighted by atomic mass is 9.46. The zero-order chi connectivity index (χ0) is 19.0. The van der Waals surface area contributed by atoms with E-state index in [-0.39, 0.29) is 40.4 Å². The van der Waals surface area contributed by atoms with E-state index in [1.54, 1.807) is 7.11 Å². The van der Waals surface area contributed by atoms with Crippen LogP contribution in [0.15, 0.2) is 11.6 Å². The molecular weight excluding hydrogens is 344 g/mol. The highest BCUT2D eigenvalue weighted by atomic mass is 16.7. The van der Waals surface area contributed by atoms with Gasteiger partial charge in [-0.3, -0.25) is 9.59 Å². The fourth-order valence-electron chi connectivity index (χ4n) is 8.04. The van der Waals surface area contributed by atoms with Crippen LogP contribution in [0.5, 0.6) is 0 Å². The second-order valence-corrected chi connectivity index (χ2v) is 9.62. The fraction of sp³-hybridized carbons (Fsp3) is 0.818. The van der Waals surface area contributed by atoms with E-state index in [1.165, 1.54) is 12.7 Å². The summed E-state index contributed by atoms with van der Waals surface area (Å²) in [5.41, 5.74) is 0.814. The minimum atomic E-state index is -0.274. The van der Waals surface area contributed by atoms with E-state index in [0.717, 1.165) is 44.9 Å². The predicted octanol–water partition coefficient (Wildman–Crippen LogP) is 3.41. The molecule has 0 amide bonds. The lowest BCUT2D eigenvalue weighted by molar-refractivity contribution is -0.210. The monoisotopic (exact) mass is 374 g/mol. The summed E-state index contributed by atoms with van der Waals surface area (Å²) in [6, 6.07) is 0. The van der Waals surface area contributed by atoms with Crippen molar-refractivity contribution in [1.29, 1.82) is 0 Å². The number of carbonyl (C=O) groups is 2. The molecule has 1 spiro atoms. The first-order chi connectivity index (χ1) is 12.9. The summed E-state index contributed by atoms with van der Waals surface area (Å²) in [6.07, 6.45) is 8.85. The normalized spacial score (nSPS) is 50.5. The van der Waals surface area contributed by atoms with Crippen molar-refractivity contribution in [1.82, 2.24) is 0 Å². The largest absolute Gasteiger partial charge is 0.469 e. The van der Waals surface area contributed by atoms with Crippen molar-refractivity contribution in [3.05, 3.63) is 11.6 Å². The first-order valence-electron chi connectivity index (χ1n) is 10.4. The van der Waals surface area contributed by atoms with Gasteiger partial charge in [-0.2, -0.15) is 0 Å². The Hall–Kier alpha value is -1.20. The number of rotatable bonds is 2. The number of ether oxygens (including phenoxy) is 3. The topological polar surface area (TPSA) is 61.8 Å². The molecule has 5 rings (SSSR count). The van der Waals surface area contributed by atoms with Crippen molar-refractivity contribution in [3.8, 4) is 0 Å². The molecule has 1 heterocycles. The van der Waals surface area contributed by atoms with Gasteiger partial charge in [0.05, 0.1) is 18.6 Å². The Morgan fingerprint density at radius 3 is 2.67 bits per heavy atom. The number of carbonyl (C=O) groups excluding carboxylic acids is 2. The van der Waals surface area contributed by atoms with Crippen molar-refractivity contribution in [2.45, 2.75) is 70.2 Å². The summed E-state index contributed by atoms with van der Waals surface area (Å²) in [5, 5.41) is 0. The summed E-state index contributed by atoms with van der Waals surface area (Å²) >= 11 is 0. The van der Waals surface area contributed by atoms with E-state index in [4.69, 9.17) is 14.2 Å². The Labute approximate surface area is 160 Å². The Balaban J connectivity index is 1.60. The van der Waals surface area contributed by atoms with Crippen molar-refractivity contribution in [2.75, 3.05) is 14.2 Å². The Kier molecular flexibility index (Phi) is 3.75. The Morgan fingerprint density at radius 2 is 1.93 bits per heavy atom. The van der Waals surface area contributed by atoms with E-state index < -0.39 is 0 Å². The van der Waals surface area contributed by atoms with Gasteiger partial charge < -0.3 is 14.2 Å². The van der Waals surface area contributed by atoms with Gasteiger partial charge in [0.25, 0.3) is 0 Å². The molecule has 5 nitrogen and oxygen atoms in total. The summed E-state index contributed by atoms with van der Waals surface area (Å²) in [5.74, 6) is 0.887. The summed E-state index contributed by atoms with van der Waals surface area (Å²) in [4.78, 5) is 24.6. The van der Waals surface area contributed by atoms with E-state index in [0.29, 0.717) is 18.3 Å². The molecule has 5 aliphatic rings. The van der Waals surface area contributed by atoms with E-state index in [2.05, 4.69) is 6.92 Å². The Morgan fingerprint density at radius 1 is 1.11 bits per heavy atom. The van der Waals surface area contributed by atoms with Gasteiger partial charge in [0.2, 0.25) is 0 Å². The van der Waals surface area contributed by atoms with Crippen molar-refractivity contribution < 1.29 is 23.8 Å². The molecule has 0 aromatic carbocycles. The van der Waals surface area contributed by atoms with Gasteiger partial charge in [-0.15, -0.1) is 0 Å². The molecule has 27 heavy (non-hydrogen) atoms. The molecule has 5 heteroatoms. The quantitative estimate of drug-likeness (QED) is 0.693. The highest BCUT2D eigenvalue weighted by Gasteiger charge is 2.75. The van der Waals surface area contributed by atoms with Crippen molar-refractivity contribution >= 4 is 11.8 Å². The number of fused-ring (bicyclic) bond motifs is 1. The summed E-state index contributed by atoms with van der Waals surface area (Å²) in [6.45, 7) is 2.28. The molecule has 2 bridgehead atoms. The van der Waals surface area contributed by atoms with E-state index in [1.807, 2.05) is 6.08 Å². The average Bonchev–Trinajstić information content (AvgIpc) is 3.11. The van der Waals surface area contributed by atoms with E-state index in [9.17, 15) is 9.59 Å². The van der Waals surface area contributed by atoms with Gasteiger partial charge in [0.15, 0.2) is 12.1 Å². The number of esters is 1. The zero-order valence-corrected chi connectivity index (χ0v) is 16.6. The van der Waals surface area contributed by atoms with Crippen LogP contribution in [-0.2, 0) is 23.8 Å². The zero-order valence-electron chi connectivity index (χ0n) is 16.6. The fourth-order valence-corrected chi connectivity index (χ4v) is 8.04. The lowest BCUT2D eigenvalue weighted by Crippen LogP contribution is -2.59. The molecular formula is C22H30O5. The molecule has 4 aliphatic carbocycles. The van der Waals surface area contributed by atoms with Crippen LogP contribution in [0, 0.1) is 28.6 Å². The van der Waals surface area contributed by atoms with Gasteiger partial charge in [0, 0.05) is 24.9 Å². The van der Waals surface area contributed by atoms with Crippen LogP contribution in [0.25, 0.3) is 0 Å². The first-order valence-corrected chi connectivity index (χ1v) is 10.4. The molecule has 7 atom stereocenters. The maximum Gasteiger partial charge on any atom is 0.309 e. The minimum absolute atomic E-state index is 0.0335. The van der Waals surface area contributed by atoms with Crippen molar-refractivity contribution in [2.24, 2.45) is 28.6 Å². The lowest BCUT2D eigenvalue weighted by Gasteiger charge is -2.58. The molecule has 3 saturated carbocycles. The molecule has 0 radical (unpaired) electrons. The first kappa shape index (κ1) is 17.9. The van der Waals surface area contributed by atoms with Gasteiger partial charge >= 0.3 is 5.97 Å². The minimum Gasteiger partial charge on any atom is -0.469 e. The van der Waals surface area contributed by atoms with E-state index >= 15 is 0 Å². The summed E-state index contributed by atoms with van der Waals surface area (Å²) < 4.78 is 17.9. The molecule has 4 fully saturated rings. The second kappa shape index (κ2) is 5.66. The van der Waals surface area contributed by atoms with Crippen LogP contribution in [0.3, 0.4) is 0 Å². The molecule has 148 valence electrons. The summed E-state index contributed by atoms with van der Waals surface area (Å²) in [7, 11) is 3.24. The van der Waals surface area contributed by atoms with Gasteiger partial charge in [-0.1, -0.05) is 12.5 Å². The maximum atomic E-state index is 12.5. The third-order valence-electron chi connectivity index (χ3n) is 9.06. The number of hydrogen-bond acceptors (Lipinski definition) is 5. The van der Waals surface area contributed by atoms with Crippen molar-refractivity contribution in [3.63, 3.8) is 0 Å². The standard InChI is InChI=1S/C22H30O5/c1-20-9-8-17-21-10-7-14(23)12-13(21)6-11-22(17,27-19(21)26-3)16(20)5-4-15(20)18(24)25-2/h12,15-17,19H,4-11H2,1-3H3/t15-,16-,17-,19-,20-,21-,22-/m1/s1. The predicted molar refractivity (Wildman–Crippen MR) is 97.7 cm³/mol.